The SMILES string of the molecule is N#Cc1ccccc1Nc1nccc(C(=O)NC2CCS(=O)(=O)C2)n1. The normalized spacial score (nSPS) is 18.3. The summed E-state index contributed by atoms with van der Waals surface area (Å²) in [4.78, 5) is 20.4. The maximum atomic E-state index is 12.3. The average molecular weight is 357 g/mol. The molecule has 3 rings (SSSR count). The van der Waals surface area contributed by atoms with Crippen molar-refractivity contribution in [3.8, 4) is 6.07 Å². The number of para-hydroxylation sites is 1. The highest BCUT2D eigenvalue weighted by Gasteiger charge is 2.29. The number of nitrogens with zero attached hydrogens (tertiary/aromatic N) is 3. The fraction of sp³-hybridized carbons (Fsp3) is 0.250. The van der Waals surface area contributed by atoms with Crippen LogP contribution in [0.15, 0.2) is 36.5 Å². The molecule has 2 N–H and O–H groups in total. The van der Waals surface area contributed by atoms with Gasteiger partial charge in [0.15, 0.2) is 9.84 Å². The molecule has 1 aromatic carbocycles. The van der Waals surface area contributed by atoms with Crippen LogP contribution in [0.4, 0.5) is 11.6 Å². The number of anilines is 2. The van der Waals surface area contributed by atoms with E-state index >= 15 is 0 Å². The lowest BCUT2D eigenvalue weighted by atomic mass is 10.2. The number of aromatic nitrogens is 2. The predicted octanol–water partition coefficient (Wildman–Crippen LogP) is 1.01. The van der Waals surface area contributed by atoms with E-state index in [9.17, 15) is 13.2 Å². The van der Waals surface area contributed by atoms with Crippen LogP contribution in [0.5, 0.6) is 0 Å². The van der Waals surface area contributed by atoms with E-state index in [-0.39, 0.29) is 23.1 Å². The van der Waals surface area contributed by atoms with Gasteiger partial charge in [-0.2, -0.15) is 5.26 Å². The fourth-order valence-electron chi connectivity index (χ4n) is 2.52. The van der Waals surface area contributed by atoms with Gasteiger partial charge in [-0.1, -0.05) is 12.1 Å². The first kappa shape index (κ1) is 16.9. The van der Waals surface area contributed by atoms with Crippen molar-refractivity contribution < 1.29 is 13.2 Å². The molecule has 1 saturated heterocycles. The third-order valence-electron chi connectivity index (χ3n) is 3.75. The monoisotopic (exact) mass is 357 g/mol. The number of nitrogens with one attached hydrogen (secondary N) is 2. The zero-order valence-corrected chi connectivity index (χ0v) is 14.0. The highest BCUT2D eigenvalue weighted by molar-refractivity contribution is 7.91. The minimum absolute atomic E-state index is 0.0511. The minimum atomic E-state index is -3.07. The molecule has 0 saturated carbocycles. The van der Waals surface area contributed by atoms with Crippen molar-refractivity contribution in [2.75, 3.05) is 16.8 Å². The van der Waals surface area contributed by atoms with Gasteiger partial charge in [0.1, 0.15) is 11.8 Å². The van der Waals surface area contributed by atoms with E-state index in [1.807, 2.05) is 0 Å². The number of sulfone groups is 1. The molecule has 2 aromatic rings. The summed E-state index contributed by atoms with van der Waals surface area (Å²) >= 11 is 0. The number of amides is 1. The van der Waals surface area contributed by atoms with Gasteiger partial charge in [0, 0.05) is 12.2 Å². The summed E-state index contributed by atoms with van der Waals surface area (Å²) in [6.07, 6.45) is 1.82. The van der Waals surface area contributed by atoms with E-state index in [0.717, 1.165) is 0 Å². The molecule has 9 heteroatoms. The van der Waals surface area contributed by atoms with Crippen LogP contribution in [-0.4, -0.2) is 41.8 Å². The van der Waals surface area contributed by atoms with Gasteiger partial charge in [-0.25, -0.2) is 18.4 Å². The van der Waals surface area contributed by atoms with Crippen LogP contribution in [0.25, 0.3) is 0 Å². The van der Waals surface area contributed by atoms with Crippen molar-refractivity contribution >= 4 is 27.4 Å². The van der Waals surface area contributed by atoms with Gasteiger partial charge in [0.05, 0.1) is 22.8 Å². The number of benzene rings is 1. The maximum absolute atomic E-state index is 12.3. The number of rotatable bonds is 4. The fourth-order valence-corrected chi connectivity index (χ4v) is 4.20. The second kappa shape index (κ2) is 6.86. The van der Waals surface area contributed by atoms with Crippen LogP contribution < -0.4 is 10.6 Å². The Labute approximate surface area is 144 Å². The molecule has 0 aliphatic carbocycles. The van der Waals surface area contributed by atoms with Crippen molar-refractivity contribution in [3.63, 3.8) is 0 Å². The van der Waals surface area contributed by atoms with E-state index in [1.54, 1.807) is 24.3 Å². The lowest BCUT2D eigenvalue weighted by Crippen LogP contribution is -2.36. The number of nitriles is 1. The van der Waals surface area contributed by atoms with Crippen molar-refractivity contribution in [1.82, 2.24) is 15.3 Å². The topological polar surface area (TPSA) is 125 Å². The minimum Gasteiger partial charge on any atom is -0.347 e. The Morgan fingerprint density at radius 2 is 2.08 bits per heavy atom. The molecule has 0 radical (unpaired) electrons. The van der Waals surface area contributed by atoms with Crippen LogP contribution in [0, 0.1) is 11.3 Å². The summed E-state index contributed by atoms with van der Waals surface area (Å²) in [5.41, 5.74) is 1.08. The Bertz CT molecular complexity index is 952. The Morgan fingerprint density at radius 3 is 2.80 bits per heavy atom. The third kappa shape index (κ3) is 4.10. The van der Waals surface area contributed by atoms with Crippen molar-refractivity contribution in [3.05, 3.63) is 47.8 Å². The molecular formula is C16H15N5O3S. The Hall–Kier alpha value is -2.99. The molecule has 1 aliphatic heterocycles. The van der Waals surface area contributed by atoms with Crippen LogP contribution in [0.1, 0.15) is 22.5 Å². The molecule has 1 aromatic heterocycles. The van der Waals surface area contributed by atoms with Crippen molar-refractivity contribution in [2.45, 2.75) is 12.5 Å². The van der Waals surface area contributed by atoms with Crippen LogP contribution >= 0.6 is 0 Å². The van der Waals surface area contributed by atoms with E-state index in [4.69, 9.17) is 5.26 Å². The largest absolute Gasteiger partial charge is 0.347 e. The summed E-state index contributed by atoms with van der Waals surface area (Å²) < 4.78 is 22.9. The van der Waals surface area contributed by atoms with Gasteiger partial charge in [-0.15, -0.1) is 0 Å². The zero-order valence-electron chi connectivity index (χ0n) is 13.1. The van der Waals surface area contributed by atoms with E-state index in [2.05, 4.69) is 26.7 Å². The first-order chi connectivity index (χ1) is 12.0. The molecule has 0 bridgehead atoms. The number of carbonyl (C=O) groups excluding carboxylic acids is 1. The summed E-state index contributed by atoms with van der Waals surface area (Å²) in [6, 6.07) is 9.96. The Kier molecular flexibility index (Phi) is 4.63. The molecule has 1 aliphatic rings. The smallest absolute Gasteiger partial charge is 0.270 e. The predicted molar refractivity (Wildman–Crippen MR) is 91.0 cm³/mol. The van der Waals surface area contributed by atoms with Crippen LogP contribution in [0.2, 0.25) is 0 Å². The quantitative estimate of drug-likeness (QED) is 0.836. The summed E-state index contributed by atoms with van der Waals surface area (Å²) in [5.74, 6) is -0.250. The highest BCUT2D eigenvalue weighted by Crippen LogP contribution is 2.18. The molecule has 2 heterocycles. The number of carbonyl (C=O) groups is 1. The van der Waals surface area contributed by atoms with Crippen molar-refractivity contribution in [2.24, 2.45) is 0 Å². The molecular weight excluding hydrogens is 342 g/mol. The van der Waals surface area contributed by atoms with E-state index < -0.39 is 21.8 Å². The van der Waals surface area contributed by atoms with Crippen molar-refractivity contribution in [1.29, 1.82) is 5.26 Å². The molecule has 0 spiro atoms. The first-order valence-corrected chi connectivity index (χ1v) is 9.39. The highest BCUT2D eigenvalue weighted by atomic mass is 32.2. The van der Waals surface area contributed by atoms with Gasteiger partial charge in [-0.3, -0.25) is 4.79 Å². The number of hydrogen-bond acceptors (Lipinski definition) is 7. The Morgan fingerprint density at radius 1 is 1.28 bits per heavy atom. The molecule has 1 amide bonds. The summed E-state index contributed by atoms with van der Waals surface area (Å²) in [5, 5.41) is 14.7. The molecule has 1 atom stereocenters. The van der Waals surface area contributed by atoms with Gasteiger partial charge in [0.2, 0.25) is 5.95 Å². The van der Waals surface area contributed by atoms with E-state index in [1.165, 1.54) is 12.3 Å². The molecule has 128 valence electrons. The third-order valence-corrected chi connectivity index (χ3v) is 5.52. The van der Waals surface area contributed by atoms with Gasteiger partial charge >= 0.3 is 0 Å². The van der Waals surface area contributed by atoms with Gasteiger partial charge in [0.25, 0.3) is 5.91 Å². The van der Waals surface area contributed by atoms with Crippen LogP contribution in [0.3, 0.4) is 0 Å². The number of hydrogen-bond donors (Lipinski definition) is 2. The Balaban J connectivity index is 1.73. The van der Waals surface area contributed by atoms with Crippen LogP contribution in [-0.2, 0) is 9.84 Å². The van der Waals surface area contributed by atoms with E-state index in [0.29, 0.717) is 17.7 Å². The average Bonchev–Trinajstić information content (AvgIpc) is 2.94. The molecule has 1 unspecified atom stereocenters. The first-order valence-electron chi connectivity index (χ1n) is 7.57. The van der Waals surface area contributed by atoms with Gasteiger partial charge in [-0.05, 0) is 24.6 Å². The second-order valence-electron chi connectivity index (χ2n) is 5.62. The maximum Gasteiger partial charge on any atom is 0.270 e. The standard InChI is InChI=1S/C16H15N5O3S/c17-9-11-3-1-2-4-13(11)20-16-18-7-5-14(21-16)15(22)19-12-6-8-25(23,24)10-12/h1-5,7,12H,6,8,10H2,(H,19,22)(H,18,20,21). The molecule has 1 fully saturated rings. The lowest BCUT2D eigenvalue weighted by molar-refractivity contribution is 0.0936. The second-order valence-corrected chi connectivity index (χ2v) is 7.85. The van der Waals surface area contributed by atoms with Gasteiger partial charge < -0.3 is 10.6 Å². The zero-order chi connectivity index (χ0) is 17.9. The molecule has 25 heavy (non-hydrogen) atoms. The summed E-state index contributed by atoms with van der Waals surface area (Å²) in [7, 11) is -3.07. The lowest BCUT2D eigenvalue weighted by Gasteiger charge is -2.11. The molecule has 8 nitrogen and oxygen atoms in total. The summed E-state index contributed by atoms with van der Waals surface area (Å²) in [6.45, 7) is 0.